The first-order valence-electron chi connectivity index (χ1n) is 6.40. The Kier molecular flexibility index (Phi) is 4.83. The van der Waals surface area contributed by atoms with Crippen LogP contribution in [0.1, 0.15) is 11.1 Å². The second-order valence-electron chi connectivity index (χ2n) is 4.81. The molecule has 0 aromatic heterocycles. The molecule has 0 heterocycles. The van der Waals surface area contributed by atoms with E-state index in [4.69, 9.17) is 17.3 Å². The van der Waals surface area contributed by atoms with Crippen LogP contribution in [0.5, 0.6) is 5.75 Å². The summed E-state index contributed by atoms with van der Waals surface area (Å²) in [4.78, 5) is 0. The van der Waals surface area contributed by atoms with Crippen LogP contribution in [0.3, 0.4) is 0 Å². The van der Waals surface area contributed by atoms with Gasteiger partial charge >= 0.3 is 0 Å². The van der Waals surface area contributed by atoms with E-state index in [1.807, 2.05) is 30.3 Å². The number of phenols is 1. The third kappa shape index (κ3) is 4.27. The lowest BCUT2D eigenvalue weighted by Gasteiger charge is -2.15. The minimum absolute atomic E-state index is 0.294. The van der Waals surface area contributed by atoms with Gasteiger partial charge in [-0.3, -0.25) is 0 Å². The zero-order valence-corrected chi connectivity index (χ0v) is 11.5. The number of benzene rings is 2. The first-order chi connectivity index (χ1) is 9.17. The van der Waals surface area contributed by atoms with Crippen LogP contribution in [0.4, 0.5) is 0 Å². The maximum Gasteiger partial charge on any atom is 0.115 e. The zero-order chi connectivity index (χ0) is 13.7. The summed E-state index contributed by atoms with van der Waals surface area (Å²) in [6, 6.07) is 15.2. The summed E-state index contributed by atoms with van der Waals surface area (Å²) in [7, 11) is 0. The molecule has 3 heteroatoms. The summed E-state index contributed by atoms with van der Waals surface area (Å²) < 4.78 is 0. The number of nitrogens with two attached hydrogens (primary N) is 1. The van der Waals surface area contributed by atoms with Crippen molar-refractivity contribution in [2.24, 2.45) is 11.7 Å². The summed E-state index contributed by atoms with van der Waals surface area (Å²) in [5, 5.41) is 10.0. The third-order valence-electron chi connectivity index (χ3n) is 3.21. The van der Waals surface area contributed by atoms with Gasteiger partial charge in [-0.25, -0.2) is 0 Å². The fourth-order valence-electron chi connectivity index (χ4n) is 2.20. The molecule has 3 N–H and O–H groups in total. The third-order valence-corrected chi connectivity index (χ3v) is 3.44. The van der Waals surface area contributed by atoms with Gasteiger partial charge in [-0.1, -0.05) is 35.9 Å². The molecule has 2 nitrogen and oxygen atoms in total. The van der Waals surface area contributed by atoms with E-state index in [2.05, 4.69) is 6.07 Å². The lowest BCUT2D eigenvalue weighted by atomic mass is 9.92. The van der Waals surface area contributed by atoms with Gasteiger partial charge in [0.15, 0.2) is 0 Å². The number of rotatable bonds is 5. The predicted octanol–water partition coefficient (Wildman–Crippen LogP) is 3.41. The van der Waals surface area contributed by atoms with Gasteiger partial charge in [-0.2, -0.15) is 0 Å². The van der Waals surface area contributed by atoms with Gasteiger partial charge in [0.25, 0.3) is 0 Å². The molecule has 0 aliphatic carbocycles. The molecule has 0 aliphatic heterocycles. The maximum absolute atomic E-state index is 9.27. The molecule has 0 bridgehead atoms. The highest BCUT2D eigenvalue weighted by molar-refractivity contribution is 6.30. The quantitative estimate of drug-likeness (QED) is 0.878. The smallest absolute Gasteiger partial charge is 0.115 e. The summed E-state index contributed by atoms with van der Waals surface area (Å²) in [5.41, 5.74) is 8.25. The Balaban J connectivity index is 2.02. The number of hydrogen-bond acceptors (Lipinski definition) is 2. The molecule has 0 amide bonds. The molecular weight excluding hydrogens is 258 g/mol. The Morgan fingerprint density at radius 2 is 1.68 bits per heavy atom. The van der Waals surface area contributed by atoms with Gasteiger partial charge in [0.2, 0.25) is 0 Å². The van der Waals surface area contributed by atoms with E-state index in [0.29, 0.717) is 18.2 Å². The van der Waals surface area contributed by atoms with Crippen LogP contribution in [0.25, 0.3) is 0 Å². The van der Waals surface area contributed by atoms with Gasteiger partial charge in [-0.05, 0) is 60.7 Å². The Morgan fingerprint density at radius 3 is 2.32 bits per heavy atom. The summed E-state index contributed by atoms with van der Waals surface area (Å²) in [6.45, 7) is 0.632. The average molecular weight is 276 g/mol. The monoisotopic (exact) mass is 275 g/mol. The van der Waals surface area contributed by atoms with Crippen LogP contribution in [-0.4, -0.2) is 11.7 Å². The van der Waals surface area contributed by atoms with E-state index >= 15 is 0 Å². The van der Waals surface area contributed by atoms with E-state index in [9.17, 15) is 5.11 Å². The highest BCUT2D eigenvalue weighted by Gasteiger charge is 2.09. The van der Waals surface area contributed by atoms with Crippen molar-refractivity contribution in [1.82, 2.24) is 0 Å². The van der Waals surface area contributed by atoms with Crippen molar-refractivity contribution in [3.8, 4) is 5.75 Å². The van der Waals surface area contributed by atoms with E-state index in [1.165, 1.54) is 11.1 Å². The van der Waals surface area contributed by atoms with Crippen molar-refractivity contribution in [3.05, 3.63) is 64.7 Å². The van der Waals surface area contributed by atoms with Gasteiger partial charge in [0.05, 0.1) is 0 Å². The van der Waals surface area contributed by atoms with E-state index < -0.39 is 0 Å². The lowest BCUT2D eigenvalue weighted by molar-refractivity contribution is 0.474. The van der Waals surface area contributed by atoms with Crippen molar-refractivity contribution < 1.29 is 5.11 Å². The minimum atomic E-state index is 0.294. The van der Waals surface area contributed by atoms with Gasteiger partial charge in [0.1, 0.15) is 5.75 Å². The Morgan fingerprint density at radius 1 is 1.00 bits per heavy atom. The lowest BCUT2D eigenvalue weighted by Crippen LogP contribution is -2.19. The molecule has 0 saturated heterocycles. The molecule has 0 aliphatic rings. The molecular formula is C16H18ClNO. The van der Waals surface area contributed by atoms with Crippen molar-refractivity contribution >= 4 is 11.6 Å². The normalized spacial score (nSPS) is 12.3. The van der Waals surface area contributed by atoms with Crippen molar-refractivity contribution in [2.45, 2.75) is 12.8 Å². The number of aromatic hydroxyl groups is 1. The first kappa shape index (κ1) is 13.9. The highest BCUT2D eigenvalue weighted by Crippen LogP contribution is 2.18. The van der Waals surface area contributed by atoms with Crippen molar-refractivity contribution in [3.63, 3.8) is 0 Å². The summed E-state index contributed by atoms with van der Waals surface area (Å²) in [6.07, 6.45) is 1.82. The number of halogens is 1. The SMILES string of the molecule is NCC(Cc1ccc(O)cc1)Cc1cccc(Cl)c1. The molecule has 2 aromatic rings. The second-order valence-corrected chi connectivity index (χ2v) is 5.24. The Labute approximate surface area is 118 Å². The van der Waals surface area contributed by atoms with E-state index in [1.54, 1.807) is 12.1 Å². The Bertz CT molecular complexity index is 525. The molecule has 19 heavy (non-hydrogen) atoms. The zero-order valence-electron chi connectivity index (χ0n) is 10.7. The molecule has 0 spiro atoms. The van der Waals surface area contributed by atoms with Crippen molar-refractivity contribution in [1.29, 1.82) is 0 Å². The fourth-order valence-corrected chi connectivity index (χ4v) is 2.41. The minimum Gasteiger partial charge on any atom is -0.508 e. The van der Waals surface area contributed by atoms with Gasteiger partial charge < -0.3 is 10.8 Å². The molecule has 0 fully saturated rings. The number of hydrogen-bond donors (Lipinski definition) is 2. The highest BCUT2D eigenvalue weighted by atomic mass is 35.5. The average Bonchev–Trinajstić information content (AvgIpc) is 2.40. The van der Waals surface area contributed by atoms with Gasteiger partial charge in [0, 0.05) is 5.02 Å². The van der Waals surface area contributed by atoms with E-state index in [-0.39, 0.29) is 0 Å². The predicted molar refractivity (Wildman–Crippen MR) is 79.5 cm³/mol. The van der Waals surface area contributed by atoms with Crippen LogP contribution in [0, 0.1) is 5.92 Å². The largest absolute Gasteiger partial charge is 0.508 e. The summed E-state index contributed by atoms with van der Waals surface area (Å²) >= 11 is 5.99. The Hall–Kier alpha value is -1.51. The van der Waals surface area contributed by atoms with Crippen LogP contribution in [0.15, 0.2) is 48.5 Å². The maximum atomic E-state index is 9.27. The van der Waals surface area contributed by atoms with Crippen LogP contribution in [0.2, 0.25) is 5.02 Å². The molecule has 100 valence electrons. The molecule has 0 saturated carbocycles. The number of phenolic OH excluding ortho intramolecular Hbond substituents is 1. The second kappa shape index (κ2) is 6.60. The fraction of sp³-hybridized carbons (Fsp3) is 0.250. The van der Waals surface area contributed by atoms with Crippen LogP contribution in [-0.2, 0) is 12.8 Å². The van der Waals surface area contributed by atoms with E-state index in [0.717, 1.165) is 17.9 Å². The molecule has 1 atom stereocenters. The molecule has 0 radical (unpaired) electrons. The van der Waals surface area contributed by atoms with Crippen LogP contribution >= 0.6 is 11.6 Å². The van der Waals surface area contributed by atoms with Gasteiger partial charge in [-0.15, -0.1) is 0 Å². The molecule has 2 aromatic carbocycles. The van der Waals surface area contributed by atoms with Crippen LogP contribution < -0.4 is 5.73 Å². The first-order valence-corrected chi connectivity index (χ1v) is 6.77. The summed E-state index contributed by atoms with van der Waals surface area (Å²) in [5.74, 6) is 0.672. The standard InChI is InChI=1S/C16H18ClNO/c17-15-3-1-2-13(10-15)9-14(11-18)8-12-4-6-16(19)7-5-12/h1-7,10,14,19H,8-9,11,18H2. The molecule has 1 unspecified atom stereocenters. The topological polar surface area (TPSA) is 46.2 Å². The molecule has 2 rings (SSSR count). The van der Waals surface area contributed by atoms with Crippen molar-refractivity contribution in [2.75, 3.05) is 6.54 Å².